The third kappa shape index (κ3) is 3.05. The zero-order valence-electron chi connectivity index (χ0n) is 11.2. The number of methoxy groups -OCH3 is 1. The molecule has 1 heterocycles. The van der Waals surface area contributed by atoms with E-state index in [1.54, 1.807) is 6.92 Å². The molecule has 1 aromatic carbocycles. The van der Waals surface area contributed by atoms with E-state index in [4.69, 9.17) is 0 Å². The van der Waals surface area contributed by atoms with E-state index in [9.17, 15) is 13.2 Å². The summed E-state index contributed by atoms with van der Waals surface area (Å²) in [5, 5.41) is 2.48. The monoisotopic (exact) mass is 361 g/mol. The lowest BCUT2D eigenvalue weighted by Crippen LogP contribution is -2.55. The third-order valence-corrected chi connectivity index (χ3v) is 6.21. The first-order chi connectivity index (χ1) is 9.35. The highest BCUT2D eigenvalue weighted by atomic mass is 79.9. The quantitative estimate of drug-likeness (QED) is 0.806. The zero-order valence-corrected chi connectivity index (χ0v) is 13.6. The molecule has 3 atom stereocenters. The molecule has 0 aliphatic carbocycles. The van der Waals surface area contributed by atoms with Gasteiger partial charge in [0.15, 0.2) is 9.84 Å². The van der Waals surface area contributed by atoms with E-state index < -0.39 is 33.1 Å². The fraction of sp³-hybridized carbons (Fsp3) is 0.462. The number of carbonyl (C=O) groups excluding carboxylic acids is 1. The molecule has 5 nitrogen and oxygen atoms in total. The summed E-state index contributed by atoms with van der Waals surface area (Å²) in [5.41, 5.74) is 0.823. The van der Waals surface area contributed by atoms with Crippen molar-refractivity contribution < 1.29 is 17.9 Å². The van der Waals surface area contributed by atoms with E-state index in [-0.39, 0.29) is 5.75 Å². The van der Waals surface area contributed by atoms with Crippen molar-refractivity contribution in [3.05, 3.63) is 34.3 Å². The standard InChI is InChI=1S/C13H16BrNO4S/c1-8-12(9-4-3-5-10(14)6-9)15-11(13(16)19-2)7-20(8,17)18/h3-6,8,11-12,15H,7H2,1-2H3. The lowest BCUT2D eigenvalue weighted by molar-refractivity contribution is -0.142. The van der Waals surface area contributed by atoms with Gasteiger partial charge in [-0.15, -0.1) is 0 Å². The van der Waals surface area contributed by atoms with Crippen LogP contribution in [0.25, 0.3) is 0 Å². The number of ether oxygens (including phenoxy) is 1. The van der Waals surface area contributed by atoms with Crippen molar-refractivity contribution in [2.75, 3.05) is 12.9 Å². The first-order valence-electron chi connectivity index (χ1n) is 6.16. The van der Waals surface area contributed by atoms with Gasteiger partial charge < -0.3 is 4.74 Å². The van der Waals surface area contributed by atoms with Gasteiger partial charge in [-0.3, -0.25) is 10.1 Å². The molecule has 20 heavy (non-hydrogen) atoms. The highest BCUT2D eigenvalue weighted by Crippen LogP contribution is 2.29. The Morgan fingerprint density at radius 1 is 1.45 bits per heavy atom. The molecule has 1 saturated heterocycles. The molecule has 0 spiro atoms. The molecule has 110 valence electrons. The van der Waals surface area contributed by atoms with Gasteiger partial charge >= 0.3 is 5.97 Å². The van der Waals surface area contributed by atoms with Gasteiger partial charge in [-0.2, -0.15) is 0 Å². The summed E-state index contributed by atoms with van der Waals surface area (Å²) in [7, 11) is -2.10. The lowest BCUT2D eigenvalue weighted by atomic mass is 10.0. The maximum absolute atomic E-state index is 12.2. The third-order valence-electron chi connectivity index (χ3n) is 3.51. The summed E-state index contributed by atoms with van der Waals surface area (Å²) in [5.74, 6) is -0.786. The highest BCUT2D eigenvalue weighted by molar-refractivity contribution is 9.10. The number of benzene rings is 1. The summed E-state index contributed by atoms with van der Waals surface area (Å²) < 4.78 is 30.0. The molecular weight excluding hydrogens is 346 g/mol. The average Bonchev–Trinajstić information content (AvgIpc) is 2.40. The van der Waals surface area contributed by atoms with Gasteiger partial charge in [-0.1, -0.05) is 28.1 Å². The Hall–Kier alpha value is -0.920. The second-order valence-electron chi connectivity index (χ2n) is 4.81. The van der Waals surface area contributed by atoms with Gasteiger partial charge in [0.05, 0.1) is 18.1 Å². The Morgan fingerprint density at radius 3 is 2.75 bits per heavy atom. The molecular formula is C13H16BrNO4S. The normalized spacial score (nSPS) is 28.9. The largest absolute Gasteiger partial charge is 0.468 e. The van der Waals surface area contributed by atoms with E-state index in [2.05, 4.69) is 26.0 Å². The molecule has 3 unspecified atom stereocenters. The number of rotatable bonds is 2. The van der Waals surface area contributed by atoms with Gasteiger partial charge in [-0.25, -0.2) is 8.42 Å². The van der Waals surface area contributed by atoms with Crippen LogP contribution in [0.5, 0.6) is 0 Å². The molecule has 7 heteroatoms. The smallest absolute Gasteiger partial charge is 0.323 e. The van der Waals surface area contributed by atoms with E-state index in [1.165, 1.54) is 7.11 Å². The Labute approximate surface area is 126 Å². The van der Waals surface area contributed by atoms with Crippen LogP contribution in [0.4, 0.5) is 0 Å². The van der Waals surface area contributed by atoms with Crippen molar-refractivity contribution in [3.63, 3.8) is 0 Å². The van der Waals surface area contributed by atoms with Gasteiger partial charge in [0.1, 0.15) is 6.04 Å². The Morgan fingerprint density at radius 2 is 2.15 bits per heavy atom. The Kier molecular flexibility index (Phi) is 4.51. The van der Waals surface area contributed by atoms with Crippen LogP contribution in [0.3, 0.4) is 0 Å². The number of sulfone groups is 1. The number of nitrogens with one attached hydrogen (secondary N) is 1. The van der Waals surface area contributed by atoms with Crippen LogP contribution in [0.15, 0.2) is 28.7 Å². The van der Waals surface area contributed by atoms with Crippen molar-refractivity contribution in [1.29, 1.82) is 0 Å². The lowest BCUT2D eigenvalue weighted by Gasteiger charge is -2.34. The number of halogens is 1. The highest BCUT2D eigenvalue weighted by Gasteiger charge is 2.42. The number of carbonyl (C=O) groups is 1. The summed E-state index contributed by atoms with van der Waals surface area (Å²) in [4.78, 5) is 11.6. The van der Waals surface area contributed by atoms with E-state index >= 15 is 0 Å². The first-order valence-corrected chi connectivity index (χ1v) is 8.67. The van der Waals surface area contributed by atoms with Crippen LogP contribution in [-0.4, -0.2) is 38.5 Å². The first kappa shape index (κ1) is 15.5. The van der Waals surface area contributed by atoms with E-state index in [0.29, 0.717) is 0 Å². The van der Waals surface area contributed by atoms with Gasteiger partial charge in [0.25, 0.3) is 0 Å². The van der Waals surface area contributed by atoms with Gasteiger partial charge in [0.2, 0.25) is 0 Å². The van der Waals surface area contributed by atoms with Crippen LogP contribution in [-0.2, 0) is 19.4 Å². The van der Waals surface area contributed by atoms with Crippen LogP contribution in [0, 0.1) is 0 Å². The summed E-state index contributed by atoms with van der Waals surface area (Å²) in [6, 6.07) is 6.13. The second-order valence-corrected chi connectivity index (χ2v) is 8.13. The predicted octanol–water partition coefficient (Wildman–Crippen LogP) is 1.44. The van der Waals surface area contributed by atoms with Crippen molar-refractivity contribution in [1.82, 2.24) is 5.32 Å². The molecule has 0 aromatic heterocycles. The molecule has 1 aliphatic heterocycles. The minimum atomic E-state index is -3.35. The van der Waals surface area contributed by atoms with Crippen molar-refractivity contribution in [2.45, 2.75) is 24.3 Å². The van der Waals surface area contributed by atoms with Crippen LogP contribution >= 0.6 is 15.9 Å². The SMILES string of the molecule is COC(=O)C1CS(=O)(=O)C(C)C(c2cccc(Br)c2)N1. The van der Waals surface area contributed by atoms with Crippen molar-refractivity contribution in [3.8, 4) is 0 Å². The van der Waals surface area contributed by atoms with Crippen LogP contribution < -0.4 is 5.32 Å². The second kappa shape index (κ2) is 5.83. The van der Waals surface area contributed by atoms with Gasteiger partial charge in [-0.05, 0) is 24.6 Å². The molecule has 0 bridgehead atoms. The average molecular weight is 362 g/mol. The molecule has 2 rings (SSSR count). The Bertz CT molecular complexity index is 617. The minimum absolute atomic E-state index is 0.231. The van der Waals surface area contributed by atoms with E-state index in [1.807, 2.05) is 24.3 Å². The molecule has 1 N–H and O–H groups in total. The molecule has 0 radical (unpaired) electrons. The number of esters is 1. The fourth-order valence-electron chi connectivity index (χ4n) is 2.34. The van der Waals surface area contributed by atoms with Crippen LogP contribution in [0.1, 0.15) is 18.5 Å². The van der Waals surface area contributed by atoms with Gasteiger partial charge in [0, 0.05) is 10.5 Å². The number of hydrogen-bond acceptors (Lipinski definition) is 5. The van der Waals surface area contributed by atoms with E-state index in [0.717, 1.165) is 10.0 Å². The maximum atomic E-state index is 12.2. The van der Waals surface area contributed by atoms with Crippen molar-refractivity contribution >= 4 is 31.7 Å². The molecule has 0 saturated carbocycles. The maximum Gasteiger partial charge on any atom is 0.323 e. The topological polar surface area (TPSA) is 72.5 Å². The van der Waals surface area contributed by atoms with Crippen molar-refractivity contribution in [2.24, 2.45) is 0 Å². The fourth-order valence-corrected chi connectivity index (χ4v) is 4.41. The summed E-state index contributed by atoms with van der Waals surface area (Å²) in [6.45, 7) is 1.65. The molecule has 1 fully saturated rings. The summed E-state index contributed by atoms with van der Waals surface area (Å²) in [6.07, 6.45) is 0. The predicted molar refractivity (Wildman–Crippen MR) is 79.1 cm³/mol. The number of hydrogen-bond donors (Lipinski definition) is 1. The van der Waals surface area contributed by atoms with Crippen LogP contribution in [0.2, 0.25) is 0 Å². The zero-order chi connectivity index (χ0) is 14.9. The summed E-state index contributed by atoms with van der Waals surface area (Å²) >= 11 is 3.37. The minimum Gasteiger partial charge on any atom is -0.468 e. The Balaban J connectivity index is 2.38. The molecule has 0 amide bonds. The molecule has 1 aromatic rings. The molecule has 1 aliphatic rings.